The van der Waals surface area contributed by atoms with Gasteiger partial charge in [-0.05, 0) is 12.8 Å². The molecule has 0 saturated carbocycles. The van der Waals surface area contributed by atoms with Crippen molar-refractivity contribution >= 4 is 19.8 Å². The molecule has 0 N–H and O–H groups in total. The van der Waals surface area contributed by atoms with Crippen molar-refractivity contribution < 1.29 is 42.1 Å². The first-order valence-electron chi connectivity index (χ1n) is 18.2. The van der Waals surface area contributed by atoms with E-state index in [-0.39, 0.29) is 32.0 Å². The summed E-state index contributed by atoms with van der Waals surface area (Å²) in [5, 5.41) is 0. The normalized spacial score (nSPS) is 13.8. The summed E-state index contributed by atoms with van der Waals surface area (Å²) in [6.45, 7) is 4.19. The summed E-state index contributed by atoms with van der Waals surface area (Å²) >= 11 is 0. The van der Waals surface area contributed by atoms with Gasteiger partial charge in [0.25, 0.3) is 7.82 Å². The van der Waals surface area contributed by atoms with Crippen LogP contribution in [-0.2, 0) is 32.7 Å². The van der Waals surface area contributed by atoms with E-state index in [1.54, 1.807) is 0 Å². The van der Waals surface area contributed by atoms with Crippen LogP contribution in [0.3, 0.4) is 0 Å². The Balaban J connectivity index is 4.45. The van der Waals surface area contributed by atoms with Crippen molar-refractivity contribution in [3.05, 3.63) is 0 Å². The van der Waals surface area contributed by atoms with E-state index in [9.17, 15) is 19.0 Å². The highest BCUT2D eigenvalue weighted by molar-refractivity contribution is 7.45. The molecule has 0 aliphatic carbocycles. The van der Waals surface area contributed by atoms with Crippen molar-refractivity contribution in [1.29, 1.82) is 0 Å². The van der Waals surface area contributed by atoms with E-state index in [2.05, 4.69) is 13.8 Å². The van der Waals surface area contributed by atoms with Crippen molar-refractivity contribution in [1.82, 2.24) is 0 Å². The highest BCUT2D eigenvalue weighted by Crippen LogP contribution is 2.38. The van der Waals surface area contributed by atoms with Gasteiger partial charge >= 0.3 is 11.9 Å². The molecule has 0 aromatic carbocycles. The summed E-state index contributed by atoms with van der Waals surface area (Å²) in [4.78, 5) is 37.2. The number of unbranched alkanes of at least 4 members (excludes halogenated alkanes) is 19. The van der Waals surface area contributed by atoms with Crippen LogP contribution in [-0.4, -0.2) is 70.0 Å². The molecule has 10 heteroatoms. The fraction of sp³-hybridized carbons (Fsp3) is 0.943. The van der Waals surface area contributed by atoms with E-state index >= 15 is 0 Å². The van der Waals surface area contributed by atoms with Crippen LogP contribution < -0.4 is 4.89 Å². The maximum atomic E-state index is 12.5. The van der Waals surface area contributed by atoms with Crippen molar-refractivity contribution in [2.45, 2.75) is 168 Å². The van der Waals surface area contributed by atoms with E-state index in [0.717, 1.165) is 32.1 Å². The molecular formula is C35H70NO8P. The molecule has 0 amide bonds. The Hall–Kier alpha value is -0.990. The Labute approximate surface area is 276 Å². The van der Waals surface area contributed by atoms with Crippen LogP contribution in [0.5, 0.6) is 0 Å². The number of hydrogen-bond acceptors (Lipinski definition) is 8. The molecule has 2 atom stereocenters. The molecule has 0 aliphatic rings. The maximum absolute atomic E-state index is 12.5. The lowest BCUT2D eigenvalue weighted by atomic mass is 10.1. The molecule has 0 rings (SSSR count). The van der Waals surface area contributed by atoms with Crippen LogP contribution in [0.2, 0.25) is 0 Å². The first kappa shape index (κ1) is 44.0. The molecular weight excluding hydrogens is 593 g/mol. The molecule has 0 bridgehead atoms. The molecule has 0 aliphatic heterocycles. The fourth-order valence-corrected chi connectivity index (χ4v) is 5.68. The second-order valence-electron chi connectivity index (χ2n) is 13.6. The second-order valence-corrected chi connectivity index (χ2v) is 15.0. The van der Waals surface area contributed by atoms with E-state index in [1.807, 2.05) is 21.1 Å². The SMILES string of the molecule is CCCCCCCCCCCCCC(=O)OC[C@H](COP(=O)([O-])OCC[N+](C)(C)C)OC(=O)CCCCCCCCCCCC. The fourth-order valence-electron chi connectivity index (χ4n) is 4.95. The highest BCUT2D eigenvalue weighted by atomic mass is 31.2. The smallest absolute Gasteiger partial charge is 0.306 e. The van der Waals surface area contributed by atoms with Gasteiger partial charge in [0, 0.05) is 12.8 Å². The average molecular weight is 664 g/mol. The number of carbonyl (C=O) groups is 2. The number of nitrogens with zero attached hydrogens (tertiary/aromatic N) is 1. The third kappa shape index (κ3) is 32.7. The molecule has 1 unspecified atom stereocenters. The van der Waals surface area contributed by atoms with Crippen LogP contribution in [0.1, 0.15) is 162 Å². The van der Waals surface area contributed by atoms with Crippen molar-refractivity contribution in [3.8, 4) is 0 Å². The van der Waals surface area contributed by atoms with Crippen LogP contribution in [0.25, 0.3) is 0 Å². The lowest BCUT2D eigenvalue weighted by Gasteiger charge is -2.28. The maximum Gasteiger partial charge on any atom is 0.306 e. The van der Waals surface area contributed by atoms with Gasteiger partial charge in [0.1, 0.15) is 19.8 Å². The van der Waals surface area contributed by atoms with E-state index in [1.165, 1.54) is 96.3 Å². The molecule has 0 fully saturated rings. The van der Waals surface area contributed by atoms with Crippen LogP contribution in [0, 0.1) is 0 Å². The van der Waals surface area contributed by atoms with Gasteiger partial charge in [-0.15, -0.1) is 0 Å². The van der Waals surface area contributed by atoms with Crippen molar-refractivity contribution in [2.75, 3.05) is 47.5 Å². The number of hydrogen-bond donors (Lipinski definition) is 0. The first-order chi connectivity index (χ1) is 21.5. The summed E-state index contributed by atoms with van der Waals surface area (Å²) in [5.74, 6) is -0.831. The lowest BCUT2D eigenvalue weighted by molar-refractivity contribution is -0.870. The third-order valence-corrected chi connectivity index (χ3v) is 8.84. The van der Waals surface area contributed by atoms with E-state index in [0.29, 0.717) is 17.4 Å². The minimum absolute atomic E-state index is 0.0264. The Morgan fingerprint density at radius 2 is 1.00 bits per heavy atom. The quantitative estimate of drug-likeness (QED) is 0.0297. The molecule has 9 nitrogen and oxygen atoms in total. The zero-order valence-electron chi connectivity index (χ0n) is 29.8. The minimum atomic E-state index is -4.60. The lowest BCUT2D eigenvalue weighted by Crippen LogP contribution is -2.37. The molecule has 0 aromatic heterocycles. The Morgan fingerprint density at radius 1 is 0.600 bits per heavy atom. The molecule has 0 saturated heterocycles. The van der Waals surface area contributed by atoms with Gasteiger partial charge in [0.05, 0.1) is 27.7 Å². The standard InChI is InChI=1S/C35H70NO8P/c1-6-8-10-12-14-16-18-20-21-23-25-27-34(37)41-31-33(32-43-45(39,40)42-30-29-36(3,4)5)44-35(38)28-26-24-22-19-17-15-13-11-9-7-2/h33H,6-32H2,1-5H3/t33-/m1/s1. The summed E-state index contributed by atoms with van der Waals surface area (Å²) in [6.07, 6.45) is 24.1. The summed E-state index contributed by atoms with van der Waals surface area (Å²) < 4.78 is 33.6. The summed E-state index contributed by atoms with van der Waals surface area (Å²) in [6, 6.07) is 0. The van der Waals surface area contributed by atoms with Gasteiger partial charge in [-0.25, -0.2) is 0 Å². The number of rotatable bonds is 33. The molecule has 45 heavy (non-hydrogen) atoms. The topological polar surface area (TPSA) is 111 Å². The summed E-state index contributed by atoms with van der Waals surface area (Å²) in [7, 11) is 1.17. The Kier molecular flexibility index (Phi) is 28.5. The van der Waals surface area contributed by atoms with Crippen molar-refractivity contribution in [3.63, 3.8) is 0 Å². The van der Waals surface area contributed by atoms with Gasteiger partial charge in [-0.2, -0.15) is 0 Å². The van der Waals surface area contributed by atoms with Gasteiger partial charge in [0.2, 0.25) is 0 Å². The first-order valence-corrected chi connectivity index (χ1v) is 19.7. The van der Waals surface area contributed by atoms with Gasteiger partial charge in [0.15, 0.2) is 6.10 Å². The number of quaternary nitrogens is 1. The minimum Gasteiger partial charge on any atom is -0.756 e. The van der Waals surface area contributed by atoms with Crippen LogP contribution >= 0.6 is 7.82 Å². The number of ether oxygens (including phenoxy) is 2. The predicted molar refractivity (Wildman–Crippen MR) is 181 cm³/mol. The predicted octanol–water partition coefficient (Wildman–Crippen LogP) is 8.66. The van der Waals surface area contributed by atoms with E-state index < -0.39 is 26.5 Å². The average Bonchev–Trinajstić information content (AvgIpc) is 2.97. The zero-order chi connectivity index (χ0) is 33.7. The van der Waals surface area contributed by atoms with Crippen LogP contribution in [0.4, 0.5) is 0 Å². The molecule has 268 valence electrons. The Morgan fingerprint density at radius 3 is 1.42 bits per heavy atom. The van der Waals surface area contributed by atoms with Crippen molar-refractivity contribution in [2.24, 2.45) is 0 Å². The number of phosphoric ester groups is 1. The number of carbonyl (C=O) groups excluding carboxylic acids is 2. The zero-order valence-corrected chi connectivity index (χ0v) is 30.7. The second kappa shape index (κ2) is 29.2. The third-order valence-electron chi connectivity index (χ3n) is 7.88. The molecule has 0 heterocycles. The van der Waals surface area contributed by atoms with Crippen LogP contribution in [0.15, 0.2) is 0 Å². The van der Waals surface area contributed by atoms with E-state index in [4.69, 9.17) is 18.5 Å². The largest absolute Gasteiger partial charge is 0.756 e. The van der Waals surface area contributed by atoms with Gasteiger partial charge < -0.3 is 27.9 Å². The van der Waals surface area contributed by atoms with Gasteiger partial charge in [-0.3, -0.25) is 14.2 Å². The summed E-state index contributed by atoms with van der Waals surface area (Å²) in [5.41, 5.74) is 0. The number of phosphoric acid groups is 1. The Bertz CT molecular complexity index is 758. The number of esters is 2. The molecule has 0 radical (unpaired) electrons. The highest BCUT2D eigenvalue weighted by Gasteiger charge is 2.21. The number of likely N-dealkylation sites (N-methyl/N-ethyl adjacent to an activating group) is 1. The molecule has 0 aromatic rings. The molecule has 0 spiro atoms. The van der Waals surface area contributed by atoms with Gasteiger partial charge in [-0.1, -0.05) is 136 Å². The monoisotopic (exact) mass is 663 g/mol.